The minimum Gasteiger partial charge on any atom is -0.493 e. The summed E-state index contributed by atoms with van der Waals surface area (Å²) in [5.41, 5.74) is 1.74. The monoisotopic (exact) mass is 649 g/mol. The predicted molar refractivity (Wildman–Crippen MR) is 170 cm³/mol. The standard InChI is InChI=1S/C31H37Cl2N3O6S/c1-7-27(31(38)34-20(2)3)35(18-22-10-11-23(32)16-26(22)33)30(37)19-36(24-12-8-21(4)9-13-24)43(39,40)25-14-15-28(41-5)29(17-25)42-6/h8-17,20,27H,7,18-19H2,1-6H3,(H,34,38). The van der Waals surface area contributed by atoms with E-state index in [0.717, 1.165) is 9.87 Å². The molecule has 3 aromatic rings. The molecule has 0 saturated carbocycles. The Balaban J connectivity index is 2.12. The van der Waals surface area contributed by atoms with E-state index in [9.17, 15) is 18.0 Å². The second-order valence-electron chi connectivity index (χ2n) is 10.2. The van der Waals surface area contributed by atoms with Gasteiger partial charge in [-0.3, -0.25) is 13.9 Å². The largest absolute Gasteiger partial charge is 0.493 e. The summed E-state index contributed by atoms with van der Waals surface area (Å²) in [7, 11) is -1.45. The molecule has 0 aliphatic heterocycles. The average molecular weight is 651 g/mol. The highest BCUT2D eigenvalue weighted by molar-refractivity contribution is 7.92. The predicted octanol–water partition coefficient (Wildman–Crippen LogP) is 5.85. The molecule has 43 heavy (non-hydrogen) atoms. The zero-order chi connectivity index (χ0) is 31.9. The summed E-state index contributed by atoms with van der Waals surface area (Å²) < 4.78 is 39.9. The Kier molecular flexibility index (Phi) is 11.7. The molecule has 0 saturated heterocycles. The number of carbonyl (C=O) groups is 2. The lowest BCUT2D eigenvalue weighted by Gasteiger charge is -2.33. The molecule has 9 nitrogen and oxygen atoms in total. The van der Waals surface area contributed by atoms with Gasteiger partial charge in [0.15, 0.2) is 11.5 Å². The van der Waals surface area contributed by atoms with Crippen molar-refractivity contribution in [2.75, 3.05) is 25.1 Å². The van der Waals surface area contributed by atoms with Gasteiger partial charge in [-0.25, -0.2) is 8.42 Å². The Morgan fingerprint density at radius 2 is 1.58 bits per heavy atom. The normalized spacial score (nSPS) is 12.0. The minimum absolute atomic E-state index is 0.0446. The van der Waals surface area contributed by atoms with Gasteiger partial charge in [0.2, 0.25) is 11.8 Å². The van der Waals surface area contributed by atoms with Crippen molar-refractivity contribution in [3.63, 3.8) is 0 Å². The van der Waals surface area contributed by atoms with E-state index in [2.05, 4.69) is 5.32 Å². The number of benzene rings is 3. The lowest BCUT2D eigenvalue weighted by molar-refractivity contribution is -0.140. The number of sulfonamides is 1. The lowest BCUT2D eigenvalue weighted by Crippen LogP contribution is -2.53. The third-order valence-corrected chi connectivity index (χ3v) is 9.07. The molecule has 0 fully saturated rings. The molecule has 3 rings (SSSR count). The van der Waals surface area contributed by atoms with Crippen molar-refractivity contribution >= 4 is 50.7 Å². The number of nitrogens with zero attached hydrogens (tertiary/aromatic N) is 2. The number of rotatable bonds is 13. The van der Waals surface area contributed by atoms with Gasteiger partial charge >= 0.3 is 0 Å². The third kappa shape index (κ3) is 8.34. The SMILES string of the molecule is CCC(C(=O)NC(C)C)N(Cc1ccc(Cl)cc1Cl)C(=O)CN(c1ccc(C)cc1)S(=O)(=O)c1ccc(OC)c(OC)c1. The molecular weight excluding hydrogens is 613 g/mol. The van der Waals surface area contributed by atoms with Gasteiger partial charge in [0.25, 0.3) is 10.0 Å². The molecule has 0 aliphatic rings. The fourth-order valence-electron chi connectivity index (χ4n) is 4.48. The van der Waals surface area contributed by atoms with Gasteiger partial charge in [-0.15, -0.1) is 0 Å². The van der Waals surface area contributed by atoms with Crippen LogP contribution in [0.3, 0.4) is 0 Å². The Labute approximate surface area is 263 Å². The summed E-state index contributed by atoms with van der Waals surface area (Å²) in [5.74, 6) is -0.386. The van der Waals surface area contributed by atoms with Crippen LogP contribution >= 0.6 is 23.2 Å². The first-order valence-corrected chi connectivity index (χ1v) is 15.9. The van der Waals surface area contributed by atoms with Crippen LogP contribution < -0.4 is 19.1 Å². The summed E-state index contributed by atoms with van der Waals surface area (Å²) in [6.45, 7) is 6.67. The van der Waals surface area contributed by atoms with Crippen molar-refractivity contribution in [1.82, 2.24) is 10.2 Å². The number of ether oxygens (including phenoxy) is 2. The number of amides is 2. The molecule has 0 radical (unpaired) electrons. The van der Waals surface area contributed by atoms with Crippen LogP contribution in [-0.4, -0.2) is 58.0 Å². The van der Waals surface area contributed by atoms with Gasteiger partial charge in [0, 0.05) is 28.7 Å². The van der Waals surface area contributed by atoms with Gasteiger partial charge in [-0.1, -0.05) is 53.9 Å². The Morgan fingerprint density at radius 1 is 0.930 bits per heavy atom. The number of aryl methyl sites for hydroxylation is 1. The van der Waals surface area contributed by atoms with Crippen molar-refractivity contribution in [1.29, 1.82) is 0 Å². The van der Waals surface area contributed by atoms with E-state index < -0.39 is 28.5 Å². The highest BCUT2D eigenvalue weighted by Crippen LogP contribution is 2.33. The van der Waals surface area contributed by atoms with E-state index in [1.165, 1.54) is 37.3 Å². The number of nitrogens with one attached hydrogen (secondary N) is 1. The fraction of sp³-hybridized carbons (Fsp3) is 0.355. The summed E-state index contributed by atoms with van der Waals surface area (Å²) in [5, 5.41) is 3.60. The van der Waals surface area contributed by atoms with Gasteiger partial charge in [0.1, 0.15) is 12.6 Å². The average Bonchev–Trinajstić information content (AvgIpc) is 2.96. The van der Waals surface area contributed by atoms with Crippen LogP contribution in [0.1, 0.15) is 38.3 Å². The first-order chi connectivity index (χ1) is 20.3. The Bertz CT molecular complexity index is 1550. The van der Waals surface area contributed by atoms with Gasteiger partial charge < -0.3 is 19.7 Å². The number of halogens is 2. The van der Waals surface area contributed by atoms with E-state index >= 15 is 0 Å². The van der Waals surface area contributed by atoms with E-state index in [-0.39, 0.29) is 41.2 Å². The molecule has 1 atom stereocenters. The van der Waals surface area contributed by atoms with Crippen LogP contribution in [0.2, 0.25) is 10.0 Å². The number of anilines is 1. The summed E-state index contributed by atoms with van der Waals surface area (Å²) in [6.07, 6.45) is 0.280. The first kappa shape index (κ1) is 34.0. The first-order valence-electron chi connectivity index (χ1n) is 13.7. The van der Waals surface area contributed by atoms with Crippen LogP contribution in [0.25, 0.3) is 0 Å². The van der Waals surface area contributed by atoms with E-state index in [1.54, 1.807) is 49.4 Å². The van der Waals surface area contributed by atoms with Crippen molar-refractivity contribution in [3.8, 4) is 11.5 Å². The second kappa shape index (κ2) is 14.8. The van der Waals surface area contributed by atoms with E-state index in [1.807, 2.05) is 20.8 Å². The molecule has 0 bridgehead atoms. The second-order valence-corrected chi connectivity index (χ2v) is 12.9. The smallest absolute Gasteiger partial charge is 0.264 e. The zero-order valence-corrected chi connectivity index (χ0v) is 27.4. The minimum atomic E-state index is -4.31. The topological polar surface area (TPSA) is 105 Å². The zero-order valence-electron chi connectivity index (χ0n) is 25.1. The van der Waals surface area contributed by atoms with Gasteiger partial charge in [-0.05, 0) is 69.2 Å². The number of hydrogen-bond acceptors (Lipinski definition) is 6. The quantitative estimate of drug-likeness (QED) is 0.249. The van der Waals surface area contributed by atoms with Crippen LogP contribution in [0, 0.1) is 6.92 Å². The Morgan fingerprint density at radius 3 is 2.14 bits per heavy atom. The van der Waals surface area contributed by atoms with Crippen LogP contribution in [0.15, 0.2) is 65.6 Å². The maximum atomic E-state index is 14.2. The number of carbonyl (C=O) groups excluding carboxylic acids is 2. The van der Waals surface area contributed by atoms with Crippen LogP contribution in [-0.2, 0) is 26.2 Å². The van der Waals surface area contributed by atoms with Crippen molar-refractivity contribution < 1.29 is 27.5 Å². The molecule has 232 valence electrons. The van der Waals surface area contributed by atoms with Gasteiger partial charge in [-0.2, -0.15) is 0 Å². The number of methoxy groups -OCH3 is 2. The maximum absolute atomic E-state index is 14.2. The molecule has 12 heteroatoms. The summed E-state index contributed by atoms with van der Waals surface area (Å²) >= 11 is 12.6. The number of hydrogen-bond donors (Lipinski definition) is 1. The maximum Gasteiger partial charge on any atom is 0.264 e. The van der Waals surface area contributed by atoms with Crippen molar-refractivity contribution in [3.05, 3.63) is 81.8 Å². The Hall–Kier alpha value is -3.47. The van der Waals surface area contributed by atoms with Crippen LogP contribution in [0.4, 0.5) is 5.69 Å². The molecule has 1 N–H and O–H groups in total. The summed E-state index contributed by atoms with van der Waals surface area (Å²) in [6, 6.07) is 14.8. The molecule has 0 aliphatic carbocycles. The molecule has 3 aromatic carbocycles. The third-order valence-electron chi connectivity index (χ3n) is 6.72. The molecule has 0 heterocycles. The molecule has 2 amide bonds. The molecule has 0 spiro atoms. The molecular formula is C31H37Cl2N3O6S. The van der Waals surface area contributed by atoms with Crippen LogP contribution in [0.5, 0.6) is 11.5 Å². The lowest BCUT2D eigenvalue weighted by atomic mass is 10.1. The van der Waals surface area contributed by atoms with Gasteiger partial charge in [0.05, 0.1) is 24.8 Å². The molecule has 0 aromatic heterocycles. The van der Waals surface area contributed by atoms with E-state index in [4.69, 9.17) is 32.7 Å². The highest BCUT2D eigenvalue weighted by atomic mass is 35.5. The highest BCUT2D eigenvalue weighted by Gasteiger charge is 2.34. The summed E-state index contributed by atoms with van der Waals surface area (Å²) in [4.78, 5) is 28.7. The van der Waals surface area contributed by atoms with E-state index in [0.29, 0.717) is 21.4 Å². The van der Waals surface area contributed by atoms with Crippen molar-refractivity contribution in [2.45, 2.75) is 57.6 Å². The fourth-order valence-corrected chi connectivity index (χ4v) is 6.38. The molecule has 1 unspecified atom stereocenters. The van der Waals surface area contributed by atoms with Crippen molar-refractivity contribution in [2.24, 2.45) is 0 Å².